The third kappa shape index (κ3) is 5.86. The highest BCUT2D eigenvalue weighted by molar-refractivity contribution is 6.43. The highest BCUT2D eigenvalue weighted by Crippen LogP contribution is 2.51. The van der Waals surface area contributed by atoms with E-state index in [2.05, 4.69) is 27.1 Å². The summed E-state index contributed by atoms with van der Waals surface area (Å²) in [5.41, 5.74) is 4.34. The van der Waals surface area contributed by atoms with Gasteiger partial charge in [-0.05, 0) is 62.3 Å². The Labute approximate surface area is 316 Å². The molecule has 10 nitrogen and oxygen atoms in total. The number of hydrogen-bond acceptors (Lipinski definition) is 7. The molecule has 5 unspecified atom stereocenters. The van der Waals surface area contributed by atoms with Crippen molar-refractivity contribution < 1.29 is 18.7 Å². The minimum atomic E-state index is -0.487. The standard InChI is InChI=1S/C40H40Cl2FN7O3/c1-21-28-16-33(32-15-25(20-49(32)40(51)22-8-9-22)53-26-18-46-48(19-26)11-12-52-2)50(38-24-14-31(38)45-17-24)39(28)29-13-23(5-4-10-44)34(36(43)37(29)47-21)27-6-3-7-30(41)35(27)42/h3,6-7,13,16,18-19,22,24-25,31-32,38,45H,4-5,8-9,11-12,14-15,17,20H2,1-2H3. The smallest absolute Gasteiger partial charge is 0.226 e. The third-order valence-corrected chi connectivity index (χ3v) is 12.5. The van der Waals surface area contributed by atoms with Gasteiger partial charge in [-0.3, -0.25) is 9.48 Å². The summed E-state index contributed by atoms with van der Waals surface area (Å²) in [6.45, 7) is 4.46. The van der Waals surface area contributed by atoms with Crippen LogP contribution in [0.15, 0.2) is 42.7 Å². The number of ether oxygens (including phenoxy) is 2. The second kappa shape index (κ2) is 13.6. The lowest BCUT2D eigenvalue weighted by Gasteiger charge is -2.39. The fraction of sp³-hybridized carbons (Fsp3) is 0.450. The lowest BCUT2D eigenvalue weighted by atomic mass is 9.79. The maximum Gasteiger partial charge on any atom is 0.226 e. The third-order valence-electron chi connectivity index (χ3n) is 11.7. The molecule has 0 spiro atoms. The molecule has 2 bridgehead atoms. The topological polar surface area (TPSA) is 110 Å². The van der Waals surface area contributed by atoms with Gasteiger partial charge in [0.1, 0.15) is 11.6 Å². The second-order valence-electron chi connectivity index (χ2n) is 15.0. The van der Waals surface area contributed by atoms with Crippen LogP contribution in [0.1, 0.15) is 61.1 Å². The number of benzene rings is 2. The van der Waals surface area contributed by atoms with Crippen LogP contribution in [-0.2, 0) is 22.5 Å². The number of carbonyl (C=O) groups is 1. The van der Waals surface area contributed by atoms with Gasteiger partial charge in [-0.1, -0.05) is 35.3 Å². The number of rotatable bonds is 11. The number of aryl methyl sites for hydroxylation is 2. The zero-order chi connectivity index (χ0) is 36.5. The number of hydrogen-bond donors (Lipinski definition) is 1. The molecule has 10 rings (SSSR count). The Morgan fingerprint density at radius 2 is 2.04 bits per heavy atom. The van der Waals surface area contributed by atoms with Crippen LogP contribution < -0.4 is 10.1 Å². The van der Waals surface area contributed by atoms with E-state index in [1.807, 2.05) is 24.1 Å². The van der Waals surface area contributed by atoms with Crippen molar-refractivity contribution in [1.29, 1.82) is 5.26 Å². The minimum Gasteiger partial charge on any atom is -0.485 e. The van der Waals surface area contributed by atoms with E-state index in [-0.39, 0.29) is 53.0 Å². The van der Waals surface area contributed by atoms with Crippen LogP contribution in [0.2, 0.25) is 10.0 Å². The number of halogens is 3. The van der Waals surface area contributed by atoms with E-state index in [0.717, 1.165) is 42.4 Å². The molecular weight excluding hydrogens is 716 g/mol. The molecule has 2 aliphatic carbocycles. The summed E-state index contributed by atoms with van der Waals surface area (Å²) in [6, 6.07) is 11.8. The molecule has 3 saturated heterocycles. The number of methoxy groups -OCH3 is 1. The number of nitriles is 1. The number of fused-ring (bicyclic) bond motifs is 4. The number of carbonyl (C=O) groups excluding carboxylic acids is 1. The van der Waals surface area contributed by atoms with Crippen LogP contribution in [0, 0.1) is 35.9 Å². The molecule has 2 aromatic carbocycles. The molecule has 2 saturated carbocycles. The number of aromatic nitrogens is 4. The quantitative estimate of drug-likeness (QED) is 0.148. The van der Waals surface area contributed by atoms with Crippen molar-refractivity contribution in [2.45, 2.75) is 76.2 Å². The van der Waals surface area contributed by atoms with E-state index < -0.39 is 5.82 Å². The molecule has 274 valence electrons. The van der Waals surface area contributed by atoms with Gasteiger partial charge in [0.25, 0.3) is 0 Å². The van der Waals surface area contributed by atoms with Crippen LogP contribution >= 0.6 is 23.2 Å². The summed E-state index contributed by atoms with van der Waals surface area (Å²) in [7, 11) is 1.66. The Bertz CT molecular complexity index is 2300. The molecule has 1 N–H and O–H groups in total. The lowest BCUT2D eigenvalue weighted by Crippen LogP contribution is -2.41. The van der Waals surface area contributed by atoms with Crippen LogP contribution in [0.4, 0.5) is 4.39 Å². The van der Waals surface area contributed by atoms with E-state index >= 15 is 4.39 Å². The average Bonchev–Trinajstić information content (AvgIpc) is 3.60. The average molecular weight is 757 g/mol. The van der Waals surface area contributed by atoms with Gasteiger partial charge in [-0.15, -0.1) is 0 Å². The predicted octanol–water partition coefficient (Wildman–Crippen LogP) is 7.57. The number of likely N-dealkylation sites (tertiary alicyclic amines) is 1. The summed E-state index contributed by atoms with van der Waals surface area (Å²) in [6.07, 6.45) is 7.36. The molecular formula is C40H40Cl2FN7O3. The fourth-order valence-corrected chi connectivity index (χ4v) is 9.37. The molecule has 6 heterocycles. The largest absolute Gasteiger partial charge is 0.485 e. The van der Waals surface area contributed by atoms with Crippen molar-refractivity contribution >= 4 is 50.9 Å². The molecule has 53 heavy (non-hydrogen) atoms. The Hall–Kier alpha value is -4.21. The number of nitrogens with zero attached hydrogens (tertiary/aromatic N) is 6. The van der Waals surface area contributed by atoms with E-state index in [4.69, 9.17) is 37.7 Å². The first-order valence-electron chi connectivity index (χ1n) is 18.5. The molecule has 5 fully saturated rings. The van der Waals surface area contributed by atoms with Gasteiger partial charge in [0.05, 0.1) is 65.8 Å². The highest BCUT2D eigenvalue weighted by Gasteiger charge is 2.51. The van der Waals surface area contributed by atoms with Crippen molar-refractivity contribution in [3.8, 4) is 22.9 Å². The monoisotopic (exact) mass is 755 g/mol. The SMILES string of the molecule is COCCn1cc(OC2CC(c3cc4c(C)nc5c(F)c(-c6cccc(Cl)c6Cl)c(CCC#N)cc5c4n3C3C4CNC3C4)N(C(=O)C3CC3)C2)cn1. The molecule has 3 aliphatic heterocycles. The highest BCUT2D eigenvalue weighted by atomic mass is 35.5. The van der Waals surface area contributed by atoms with E-state index in [0.29, 0.717) is 77.0 Å². The summed E-state index contributed by atoms with van der Waals surface area (Å²) in [5, 5.41) is 19.9. The summed E-state index contributed by atoms with van der Waals surface area (Å²) in [5.74, 6) is 0.777. The maximum atomic E-state index is 17.2. The molecule has 5 aromatic rings. The predicted molar refractivity (Wildman–Crippen MR) is 201 cm³/mol. The van der Waals surface area contributed by atoms with Crippen LogP contribution in [0.5, 0.6) is 5.75 Å². The minimum absolute atomic E-state index is 0.0326. The van der Waals surface area contributed by atoms with Gasteiger partial charge in [0.2, 0.25) is 5.91 Å². The Kier molecular flexibility index (Phi) is 8.85. The Morgan fingerprint density at radius 3 is 2.77 bits per heavy atom. The zero-order valence-electron chi connectivity index (χ0n) is 29.6. The number of amides is 1. The van der Waals surface area contributed by atoms with Crippen LogP contribution in [0.3, 0.4) is 0 Å². The van der Waals surface area contributed by atoms with Gasteiger partial charge >= 0.3 is 0 Å². The molecule has 5 aliphatic rings. The van der Waals surface area contributed by atoms with Gasteiger partial charge in [-0.2, -0.15) is 10.4 Å². The number of pyridine rings is 1. The molecule has 13 heteroatoms. The number of nitrogens with one attached hydrogen (secondary N) is 1. The van der Waals surface area contributed by atoms with Gasteiger partial charge in [0.15, 0.2) is 11.6 Å². The summed E-state index contributed by atoms with van der Waals surface area (Å²) in [4.78, 5) is 21.0. The first kappa shape index (κ1) is 34.6. The van der Waals surface area contributed by atoms with E-state index in [1.165, 1.54) is 0 Å². The molecule has 5 atom stereocenters. The Balaban J connectivity index is 1.22. The maximum absolute atomic E-state index is 17.2. The normalized spacial score (nSPS) is 23.5. The van der Waals surface area contributed by atoms with Crippen LogP contribution in [-0.4, -0.2) is 69.1 Å². The van der Waals surface area contributed by atoms with Gasteiger partial charge in [0, 0.05) is 71.7 Å². The lowest BCUT2D eigenvalue weighted by molar-refractivity contribution is -0.133. The van der Waals surface area contributed by atoms with Crippen molar-refractivity contribution in [1.82, 2.24) is 29.5 Å². The first-order valence-corrected chi connectivity index (χ1v) is 19.2. The van der Waals surface area contributed by atoms with E-state index in [9.17, 15) is 10.1 Å². The zero-order valence-corrected chi connectivity index (χ0v) is 31.1. The molecule has 3 aromatic heterocycles. The second-order valence-corrected chi connectivity index (χ2v) is 15.8. The van der Waals surface area contributed by atoms with Crippen molar-refractivity contribution in [3.05, 3.63) is 75.5 Å². The van der Waals surface area contributed by atoms with Crippen molar-refractivity contribution in [2.24, 2.45) is 11.8 Å². The van der Waals surface area contributed by atoms with Crippen LogP contribution in [0.25, 0.3) is 32.9 Å². The molecule has 0 radical (unpaired) electrons. The van der Waals surface area contributed by atoms with E-state index in [1.54, 1.807) is 36.2 Å². The van der Waals surface area contributed by atoms with Crippen molar-refractivity contribution in [2.75, 3.05) is 26.8 Å². The van der Waals surface area contributed by atoms with Crippen molar-refractivity contribution in [3.63, 3.8) is 0 Å². The molecule has 1 amide bonds. The summed E-state index contributed by atoms with van der Waals surface area (Å²) < 4.78 is 33.1. The first-order chi connectivity index (χ1) is 25.7. The van der Waals surface area contributed by atoms with Gasteiger partial charge in [-0.25, -0.2) is 9.37 Å². The fourth-order valence-electron chi connectivity index (χ4n) is 8.98. The summed E-state index contributed by atoms with van der Waals surface area (Å²) >= 11 is 13.1. The Morgan fingerprint density at radius 1 is 1.19 bits per heavy atom. The van der Waals surface area contributed by atoms with Gasteiger partial charge < -0.3 is 24.3 Å².